The molecule has 40 heavy (non-hydrogen) atoms. The summed E-state index contributed by atoms with van der Waals surface area (Å²) in [6.45, 7) is 3.03. The van der Waals surface area contributed by atoms with E-state index in [1.165, 1.54) is 15.0 Å². The summed E-state index contributed by atoms with van der Waals surface area (Å²) in [5.41, 5.74) is 0.656. The molecule has 0 spiro atoms. The van der Waals surface area contributed by atoms with E-state index in [1.54, 1.807) is 28.6 Å². The van der Waals surface area contributed by atoms with Crippen LogP contribution in [0.2, 0.25) is 0 Å². The van der Waals surface area contributed by atoms with E-state index in [-0.39, 0.29) is 24.8 Å². The second-order valence-electron chi connectivity index (χ2n) is 10.9. The smallest absolute Gasteiger partial charge is 0.260 e. The van der Waals surface area contributed by atoms with Crippen molar-refractivity contribution in [3.63, 3.8) is 0 Å². The molecule has 1 amide bonds. The Hall–Kier alpha value is -3.69. The Morgan fingerprint density at radius 3 is 2.50 bits per heavy atom. The highest BCUT2D eigenvalue weighted by Crippen LogP contribution is 2.35. The number of imidazole rings is 1. The molecule has 4 aromatic heterocycles. The molecule has 2 fully saturated rings. The summed E-state index contributed by atoms with van der Waals surface area (Å²) in [4.78, 5) is 32.7. The maximum atomic E-state index is 16.0. The summed E-state index contributed by atoms with van der Waals surface area (Å²) in [6.07, 6.45) is 5.49. The average molecular weight is 555 g/mol. The summed E-state index contributed by atoms with van der Waals surface area (Å²) in [5.74, 6) is 0.443. The van der Waals surface area contributed by atoms with E-state index in [0.29, 0.717) is 26.2 Å². The number of nitrogens with zero attached hydrogens (tertiary/aromatic N) is 6. The quantitative estimate of drug-likeness (QED) is 0.272. The number of benzene rings is 1. The first-order valence-electron chi connectivity index (χ1n) is 14.0. The second-order valence-corrected chi connectivity index (χ2v) is 12.1. The Balaban J connectivity index is 1.01. The van der Waals surface area contributed by atoms with Gasteiger partial charge in [0.05, 0.1) is 0 Å². The van der Waals surface area contributed by atoms with Crippen LogP contribution in [0.5, 0.6) is 0 Å². The van der Waals surface area contributed by atoms with Gasteiger partial charge in [0.2, 0.25) is 0 Å². The van der Waals surface area contributed by atoms with Crippen LogP contribution in [0.15, 0.2) is 73.1 Å². The molecular formula is C31H31FN6OS. The number of hydrogen-bond acceptors (Lipinski definition) is 6. The molecule has 0 N–H and O–H groups in total. The lowest BCUT2D eigenvalue weighted by molar-refractivity contribution is -0.148. The number of amides is 1. The zero-order valence-corrected chi connectivity index (χ0v) is 23.1. The molecule has 6 heterocycles. The number of likely N-dealkylation sites (tertiary alicyclic amines) is 2. The number of fused-ring (bicyclic) bond motifs is 2. The van der Waals surface area contributed by atoms with Crippen LogP contribution in [0.1, 0.15) is 36.6 Å². The van der Waals surface area contributed by atoms with Crippen molar-refractivity contribution in [2.24, 2.45) is 0 Å². The molecule has 204 valence electrons. The molecule has 5 aromatic rings. The third-order valence-corrected chi connectivity index (χ3v) is 9.45. The van der Waals surface area contributed by atoms with Gasteiger partial charge >= 0.3 is 0 Å². The molecule has 7 rings (SSSR count). The van der Waals surface area contributed by atoms with Crippen molar-refractivity contribution < 1.29 is 9.18 Å². The van der Waals surface area contributed by atoms with E-state index in [2.05, 4.69) is 49.8 Å². The molecule has 0 atom stereocenters. The van der Waals surface area contributed by atoms with Gasteiger partial charge in [-0.1, -0.05) is 24.3 Å². The van der Waals surface area contributed by atoms with Crippen LogP contribution < -0.4 is 0 Å². The SMILES string of the molecule is O=C(N1CCC(n2c(-c3ccccn3)nc3cccnc32)CC1)C1(F)CCN(Cc2cc3ccccc3s2)CC1. The molecule has 2 saturated heterocycles. The number of rotatable bonds is 5. The minimum absolute atomic E-state index is 0.111. The monoisotopic (exact) mass is 554 g/mol. The van der Waals surface area contributed by atoms with Crippen LogP contribution in [0, 0.1) is 0 Å². The normalized spacial score (nSPS) is 18.5. The van der Waals surface area contributed by atoms with Crippen molar-refractivity contribution in [2.45, 2.75) is 43.9 Å². The Morgan fingerprint density at radius 2 is 1.73 bits per heavy atom. The number of alkyl halides is 1. The molecule has 9 heteroatoms. The van der Waals surface area contributed by atoms with Crippen LogP contribution >= 0.6 is 11.3 Å². The van der Waals surface area contributed by atoms with Crippen molar-refractivity contribution in [3.05, 3.63) is 77.9 Å². The zero-order valence-electron chi connectivity index (χ0n) is 22.2. The molecule has 0 unspecified atom stereocenters. The van der Waals surface area contributed by atoms with E-state index >= 15 is 4.39 Å². The number of aromatic nitrogens is 4. The van der Waals surface area contributed by atoms with Gasteiger partial charge in [0.1, 0.15) is 11.2 Å². The van der Waals surface area contributed by atoms with Crippen molar-refractivity contribution >= 4 is 38.5 Å². The topological polar surface area (TPSA) is 67.2 Å². The van der Waals surface area contributed by atoms with Gasteiger partial charge in [0.15, 0.2) is 17.1 Å². The number of piperidine rings is 2. The predicted octanol–water partition coefficient (Wildman–Crippen LogP) is 5.88. The van der Waals surface area contributed by atoms with Gasteiger partial charge in [-0.2, -0.15) is 0 Å². The van der Waals surface area contributed by atoms with Crippen molar-refractivity contribution in [1.82, 2.24) is 29.3 Å². The van der Waals surface area contributed by atoms with Gasteiger partial charge in [-0.15, -0.1) is 11.3 Å². The van der Waals surface area contributed by atoms with Crippen LogP contribution in [-0.4, -0.2) is 67.1 Å². The largest absolute Gasteiger partial charge is 0.340 e. The Bertz CT molecular complexity index is 1620. The zero-order chi connectivity index (χ0) is 27.1. The lowest BCUT2D eigenvalue weighted by Gasteiger charge is -2.40. The first kappa shape index (κ1) is 25.3. The highest BCUT2D eigenvalue weighted by molar-refractivity contribution is 7.19. The molecule has 0 aliphatic carbocycles. The van der Waals surface area contributed by atoms with Crippen LogP contribution in [-0.2, 0) is 11.3 Å². The highest BCUT2D eigenvalue weighted by atomic mass is 32.1. The fraction of sp³-hybridized carbons (Fsp3) is 0.355. The third kappa shape index (κ3) is 4.67. The molecule has 2 aliphatic rings. The predicted molar refractivity (Wildman–Crippen MR) is 156 cm³/mol. The lowest BCUT2D eigenvalue weighted by atomic mass is 9.90. The minimum atomic E-state index is -1.79. The van der Waals surface area contributed by atoms with E-state index < -0.39 is 5.67 Å². The maximum Gasteiger partial charge on any atom is 0.260 e. The third-order valence-electron chi connectivity index (χ3n) is 8.35. The van der Waals surface area contributed by atoms with E-state index in [4.69, 9.17) is 4.98 Å². The minimum Gasteiger partial charge on any atom is -0.340 e. The molecule has 1 aromatic carbocycles. The Kier molecular flexibility index (Phi) is 6.56. The molecule has 7 nitrogen and oxygen atoms in total. The number of carbonyl (C=O) groups is 1. The Labute approximate surface area is 236 Å². The molecule has 0 saturated carbocycles. The molecular weight excluding hydrogens is 523 g/mol. The second kappa shape index (κ2) is 10.4. The van der Waals surface area contributed by atoms with Crippen molar-refractivity contribution in [3.8, 4) is 11.5 Å². The van der Waals surface area contributed by atoms with Gasteiger partial charge in [-0.25, -0.2) is 14.4 Å². The standard InChI is InChI=1S/C31H31FN6OS/c32-31(12-18-36(19-13-31)21-24-20-22-6-1-2-9-27(22)40-24)30(39)37-16-10-23(11-17-37)38-28-26(8-5-15-34-28)35-29(38)25-7-3-4-14-33-25/h1-9,14-15,20,23H,10-13,16-19,21H2. The number of halogens is 1. The maximum absolute atomic E-state index is 16.0. The van der Waals surface area contributed by atoms with Crippen LogP contribution in [0.4, 0.5) is 4.39 Å². The van der Waals surface area contributed by atoms with Crippen molar-refractivity contribution in [2.75, 3.05) is 26.2 Å². The Morgan fingerprint density at radius 1 is 0.950 bits per heavy atom. The van der Waals surface area contributed by atoms with Crippen LogP contribution in [0.25, 0.3) is 32.8 Å². The summed E-state index contributed by atoms with van der Waals surface area (Å²) in [7, 11) is 0. The van der Waals surface area contributed by atoms with Crippen molar-refractivity contribution in [1.29, 1.82) is 0 Å². The fourth-order valence-electron chi connectivity index (χ4n) is 6.18. The first-order chi connectivity index (χ1) is 19.6. The van der Waals surface area contributed by atoms with Gasteiger partial charge in [-0.05, 0) is 54.6 Å². The van der Waals surface area contributed by atoms with E-state index in [0.717, 1.165) is 42.1 Å². The van der Waals surface area contributed by atoms with Gasteiger partial charge in [-0.3, -0.25) is 14.7 Å². The molecule has 0 bridgehead atoms. The fourth-order valence-corrected chi connectivity index (χ4v) is 7.28. The average Bonchev–Trinajstić information content (AvgIpc) is 3.60. The number of thiophene rings is 1. The lowest BCUT2D eigenvalue weighted by Crippen LogP contribution is -2.53. The highest BCUT2D eigenvalue weighted by Gasteiger charge is 2.45. The number of pyridine rings is 2. The van der Waals surface area contributed by atoms with Gasteiger partial charge in [0.25, 0.3) is 5.91 Å². The van der Waals surface area contributed by atoms with E-state index in [9.17, 15) is 4.79 Å². The number of hydrogen-bond donors (Lipinski definition) is 0. The first-order valence-corrected chi connectivity index (χ1v) is 14.8. The summed E-state index contributed by atoms with van der Waals surface area (Å²) >= 11 is 1.79. The molecule has 2 aliphatic heterocycles. The number of carbonyl (C=O) groups excluding carboxylic acids is 1. The van der Waals surface area contributed by atoms with Crippen LogP contribution in [0.3, 0.4) is 0 Å². The van der Waals surface area contributed by atoms with E-state index in [1.807, 2.05) is 30.3 Å². The van der Waals surface area contributed by atoms with Gasteiger partial charge in [0, 0.05) is 73.6 Å². The summed E-state index contributed by atoms with van der Waals surface area (Å²) in [5, 5.41) is 1.25. The summed E-state index contributed by atoms with van der Waals surface area (Å²) in [6, 6.07) is 20.4. The summed E-state index contributed by atoms with van der Waals surface area (Å²) < 4.78 is 19.5. The molecule has 0 radical (unpaired) electrons. The van der Waals surface area contributed by atoms with Gasteiger partial charge < -0.3 is 9.47 Å².